The fraction of sp³-hybridized carbons (Fsp3) is 0.350. The number of pyridine rings is 1. The summed E-state index contributed by atoms with van der Waals surface area (Å²) in [7, 11) is 0. The number of hydrogen-bond acceptors (Lipinski definition) is 3. The van der Waals surface area contributed by atoms with Crippen molar-refractivity contribution >= 4 is 11.6 Å². The maximum atomic E-state index is 12.5. The van der Waals surface area contributed by atoms with Crippen LogP contribution in [0.25, 0.3) is 5.70 Å². The zero-order valence-electron chi connectivity index (χ0n) is 14.8. The minimum Gasteiger partial charge on any atom is -0.345 e. The van der Waals surface area contributed by atoms with Crippen LogP contribution in [0.5, 0.6) is 0 Å². The van der Waals surface area contributed by atoms with E-state index in [0.717, 1.165) is 37.7 Å². The molecule has 0 spiro atoms. The lowest BCUT2D eigenvalue weighted by molar-refractivity contribution is 0.0931. The van der Waals surface area contributed by atoms with Crippen LogP contribution in [0.4, 0.5) is 0 Å². The second kappa shape index (κ2) is 6.78. The molecular formula is C20H22N4O2. The molecule has 1 atom stereocenters. The first-order valence-electron chi connectivity index (χ1n) is 9.07. The van der Waals surface area contributed by atoms with Crippen molar-refractivity contribution in [1.82, 2.24) is 20.1 Å². The fourth-order valence-electron chi connectivity index (χ4n) is 3.82. The van der Waals surface area contributed by atoms with E-state index in [0.29, 0.717) is 0 Å². The number of amides is 1. The standard InChI is InChI=1S/C20H22N4O2/c1-13-6-2-3-9-17(13)24-18-10-4-8-16(15(18)12-22-24)23-20(26)14-7-5-11-21-19(14)25/h2,5-7,11-12,16H,3-4,8-10H2,1H3,(H,21,25)(H,23,26)/t16-/m1/s1. The zero-order valence-corrected chi connectivity index (χ0v) is 14.8. The van der Waals surface area contributed by atoms with E-state index in [9.17, 15) is 9.59 Å². The largest absolute Gasteiger partial charge is 0.345 e. The number of aromatic nitrogens is 3. The number of carbonyl (C=O) groups is 1. The summed E-state index contributed by atoms with van der Waals surface area (Å²) in [4.78, 5) is 26.9. The van der Waals surface area contributed by atoms with Gasteiger partial charge in [-0.15, -0.1) is 0 Å². The van der Waals surface area contributed by atoms with Crippen LogP contribution in [0.3, 0.4) is 0 Å². The second-order valence-electron chi connectivity index (χ2n) is 6.86. The molecular weight excluding hydrogens is 328 g/mol. The highest BCUT2D eigenvalue weighted by molar-refractivity contribution is 5.94. The number of H-pyrrole nitrogens is 1. The van der Waals surface area contributed by atoms with E-state index >= 15 is 0 Å². The third-order valence-electron chi connectivity index (χ3n) is 5.18. The normalized spacial score (nSPS) is 19.3. The molecule has 2 aromatic rings. The number of carbonyl (C=O) groups excluding carboxylic acids is 1. The molecule has 2 aliphatic carbocycles. The minimum atomic E-state index is -0.369. The van der Waals surface area contributed by atoms with E-state index in [1.165, 1.54) is 23.2 Å². The SMILES string of the molecule is CC1=C(n2ncc3c2CCC[C@H]3NC(=O)c2ccc[nH]c2=O)CCC=C1. The van der Waals surface area contributed by atoms with Crippen LogP contribution in [0.2, 0.25) is 0 Å². The lowest BCUT2D eigenvalue weighted by atomic mass is 9.92. The molecule has 0 bridgehead atoms. The Kier molecular flexibility index (Phi) is 4.32. The van der Waals surface area contributed by atoms with Crippen molar-refractivity contribution < 1.29 is 4.79 Å². The number of aromatic amines is 1. The van der Waals surface area contributed by atoms with Crippen molar-refractivity contribution in [3.63, 3.8) is 0 Å². The van der Waals surface area contributed by atoms with Crippen LogP contribution in [0.15, 0.2) is 47.0 Å². The summed E-state index contributed by atoms with van der Waals surface area (Å²) in [6, 6.07) is 3.09. The van der Waals surface area contributed by atoms with E-state index in [4.69, 9.17) is 0 Å². The van der Waals surface area contributed by atoms with Gasteiger partial charge in [-0.2, -0.15) is 5.10 Å². The van der Waals surface area contributed by atoms with Gasteiger partial charge in [-0.3, -0.25) is 9.59 Å². The second-order valence-corrected chi connectivity index (χ2v) is 6.86. The number of rotatable bonds is 3. The Morgan fingerprint density at radius 2 is 2.27 bits per heavy atom. The number of hydrogen-bond donors (Lipinski definition) is 2. The molecule has 0 fully saturated rings. The number of nitrogens with one attached hydrogen (secondary N) is 2. The van der Waals surface area contributed by atoms with Gasteiger partial charge in [-0.25, -0.2) is 4.68 Å². The van der Waals surface area contributed by atoms with Crippen molar-refractivity contribution in [3.05, 3.63) is 69.4 Å². The lowest BCUT2D eigenvalue weighted by Gasteiger charge is -2.25. The Morgan fingerprint density at radius 1 is 1.38 bits per heavy atom. The summed E-state index contributed by atoms with van der Waals surface area (Å²) in [6.07, 6.45) is 12.5. The molecule has 0 aromatic carbocycles. The summed E-state index contributed by atoms with van der Waals surface area (Å²) in [6.45, 7) is 2.11. The molecule has 0 unspecified atom stereocenters. The molecule has 2 N–H and O–H groups in total. The maximum Gasteiger partial charge on any atom is 0.260 e. The minimum absolute atomic E-state index is 0.111. The third-order valence-corrected chi connectivity index (χ3v) is 5.18. The molecule has 2 aliphatic rings. The summed E-state index contributed by atoms with van der Waals surface area (Å²) >= 11 is 0. The van der Waals surface area contributed by atoms with Crippen LogP contribution in [0, 0.1) is 0 Å². The van der Waals surface area contributed by atoms with Crippen molar-refractivity contribution in [2.24, 2.45) is 0 Å². The van der Waals surface area contributed by atoms with E-state index in [2.05, 4.69) is 39.2 Å². The van der Waals surface area contributed by atoms with Crippen LogP contribution in [-0.4, -0.2) is 20.7 Å². The smallest absolute Gasteiger partial charge is 0.260 e. The van der Waals surface area contributed by atoms with Gasteiger partial charge < -0.3 is 10.3 Å². The highest BCUT2D eigenvalue weighted by Crippen LogP contribution is 2.33. The van der Waals surface area contributed by atoms with Gasteiger partial charge in [0.25, 0.3) is 11.5 Å². The number of allylic oxidation sites excluding steroid dienone is 4. The number of nitrogens with zero attached hydrogens (tertiary/aromatic N) is 2. The number of fused-ring (bicyclic) bond motifs is 1. The molecule has 0 saturated carbocycles. The van der Waals surface area contributed by atoms with Crippen molar-refractivity contribution in [1.29, 1.82) is 0 Å². The summed E-state index contributed by atoms with van der Waals surface area (Å²) < 4.78 is 2.06. The van der Waals surface area contributed by atoms with E-state index in [1.54, 1.807) is 12.1 Å². The van der Waals surface area contributed by atoms with E-state index in [-0.39, 0.29) is 23.1 Å². The van der Waals surface area contributed by atoms with E-state index < -0.39 is 0 Å². The molecule has 2 aromatic heterocycles. The van der Waals surface area contributed by atoms with Gasteiger partial charge in [0, 0.05) is 23.2 Å². The molecule has 134 valence electrons. The summed E-state index contributed by atoms with van der Waals surface area (Å²) in [5.41, 5.74) is 4.49. The van der Waals surface area contributed by atoms with Crippen LogP contribution >= 0.6 is 0 Å². The third kappa shape index (κ3) is 2.92. The van der Waals surface area contributed by atoms with Crippen LogP contribution in [0.1, 0.15) is 60.3 Å². The van der Waals surface area contributed by atoms with Crippen molar-refractivity contribution in [2.45, 2.75) is 45.1 Å². The predicted molar refractivity (Wildman–Crippen MR) is 99.7 cm³/mol. The summed E-state index contributed by atoms with van der Waals surface area (Å²) in [5, 5.41) is 7.64. The van der Waals surface area contributed by atoms with Crippen LogP contribution in [-0.2, 0) is 6.42 Å². The Morgan fingerprint density at radius 3 is 3.08 bits per heavy atom. The van der Waals surface area contributed by atoms with Crippen molar-refractivity contribution in [2.75, 3.05) is 0 Å². The quantitative estimate of drug-likeness (QED) is 0.893. The Bertz CT molecular complexity index is 964. The predicted octanol–water partition coefficient (Wildman–Crippen LogP) is 2.96. The molecule has 0 aliphatic heterocycles. The Hall–Kier alpha value is -2.89. The Labute approximate surface area is 151 Å². The van der Waals surface area contributed by atoms with Gasteiger partial charge in [0.1, 0.15) is 5.56 Å². The van der Waals surface area contributed by atoms with Gasteiger partial charge in [0.2, 0.25) is 0 Å². The average molecular weight is 350 g/mol. The fourth-order valence-corrected chi connectivity index (χ4v) is 3.82. The van der Waals surface area contributed by atoms with Gasteiger partial charge in [0.05, 0.1) is 12.2 Å². The molecule has 1 amide bonds. The van der Waals surface area contributed by atoms with Gasteiger partial charge in [0.15, 0.2) is 0 Å². The first-order chi connectivity index (χ1) is 12.6. The van der Waals surface area contributed by atoms with Gasteiger partial charge >= 0.3 is 0 Å². The van der Waals surface area contributed by atoms with Crippen molar-refractivity contribution in [3.8, 4) is 0 Å². The monoisotopic (exact) mass is 350 g/mol. The van der Waals surface area contributed by atoms with Gasteiger partial charge in [-0.1, -0.05) is 12.2 Å². The average Bonchev–Trinajstić information content (AvgIpc) is 3.07. The van der Waals surface area contributed by atoms with E-state index in [1.807, 2.05) is 6.20 Å². The first kappa shape index (κ1) is 16.6. The summed E-state index contributed by atoms with van der Waals surface area (Å²) in [5.74, 6) is -0.339. The van der Waals surface area contributed by atoms with Gasteiger partial charge in [-0.05, 0) is 56.7 Å². The molecule has 6 nitrogen and oxygen atoms in total. The topological polar surface area (TPSA) is 79.8 Å². The molecule has 6 heteroatoms. The molecule has 26 heavy (non-hydrogen) atoms. The molecule has 0 saturated heterocycles. The Balaban J connectivity index is 1.63. The first-order valence-corrected chi connectivity index (χ1v) is 9.07. The molecule has 0 radical (unpaired) electrons. The highest BCUT2D eigenvalue weighted by Gasteiger charge is 2.27. The maximum absolute atomic E-state index is 12.5. The molecule has 4 rings (SSSR count). The van der Waals surface area contributed by atoms with Crippen LogP contribution < -0.4 is 10.9 Å². The molecule has 2 heterocycles. The lowest BCUT2D eigenvalue weighted by Crippen LogP contribution is -2.34. The zero-order chi connectivity index (χ0) is 18.1. The highest BCUT2D eigenvalue weighted by atomic mass is 16.2.